The van der Waals surface area contributed by atoms with Crippen molar-refractivity contribution in [2.24, 2.45) is 0 Å². The van der Waals surface area contributed by atoms with Crippen LogP contribution in [-0.4, -0.2) is 33.1 Å². The number of likely N-dealkylation sites (N-methyl/N-ethyl adjacent to an activating group) is 1. The highest BCUT2D eigenvalue weighted by atomic mass is 16.5. The molecule has 0 unspecified atom stereocenters. The Hall–Kier alpha value is -0.410. The van der Waals surface area contributed by atoms with Crippen LogP contribution in [0.15, 0.2) is 0 Å². The summed E-state index contributed by atoms with van der Waals surface area (Å²) < 4.78 is 4.78. The van der Waals surface area contributed by atoms with Crippen molar-refractivity contribution in [1.29, 1.82) is 0 Å². The molecule has 0 aliphatic heterocycles. The quantitative estimate of drug-likeness (QED) is 0.525. The highest BCUT2D eigenvalue weighted by Gasteiger charge is 2.00. The van der Waals surface area contributed by atoms with Gasteiger partial charge in [-0.3, -0.25) is 0 Å². The predicted molar refractivity (Wildman–Crippen MR) is 35.4 cm³/mol. The number of ether oxygens (including phenoxy) is 1. The van der Waals surface area contributed by atoms with Gasteiger partial charge in [0.15, 0.2) is 0 Å². The lowest BCUT2D eigenvalue weighted by molar-refractivity contribution is -0.109. The summed E-state index contributed by atoms with van der Waals surface area (Å²) in [5.74, 6) is 0. The maximum absolute atomic E-state index is 10.1. The van der Waals surface area contributed by atoms with Crippen LogP contribution in [0.3, 0.4) is 0 Å². The second-order valence-corrected chi connectivity index (χ2v) is 1.81. The first-order valence-corrected chi connectivity index (χ1v) is 2.96. The number of aldehydes is 1. The van der Waals surface area contributed by atoms with Gasteiger partial charge in [0.25, 0.3) is 0 Å². The number of rotatable bonds is 5. The molecule has 1 N–H and O–H groups in total. The maximum atomic E-state index is 10.1. The van der Waals surface area contributed by atoms with Crippen LogP contribution in [0, 0.1) is 0 Å². The molecule has 54 valence electrons. The van der Waals surface area contributed by atoms with Gasteiger partial charge in [0.05, 0.1) is 6.04 Å². The Morgan fingerprint density at radius 3 is 2.78 bits per heavy atom. The third kappa shape index (κ3) is 4.12. The number of nitrogens with one attached hydrogen (secondary N) is 1. The summed E-state index contributed by atoms with van der Waals surface area (Å²) in [4.78, 5) is 10.1. The molecule has 0 aromatic carbocycles. The van der Waals surface area contributed by atoms with Crippen LogP contribution in [0.25, 0.3) is 0 Å². The van der Waals surface area contributed by atoms with E-state index in [1.54, 1.807) is 14.2 Å². The Morgan fingerprint density at radius 2 is 2.44 bits per heavy atom. The molecular formula is C6H13NO2. The molecule has 0 rings (SSSR count). The first-order chi connectivity index (χ1) is 4.35. The van der Waals surface area contributed by atoms with Crippen LogP contribution in [-0.2, 0) is 9.53 Å². The standard InChI is InChI=1S/C6H13NO2/c1-7-6(5-8)3-4-9-2/h5-7H,3-4H2,1-2H3/t6-/m0/s1. The van der Waals surface area contributed by atoms with Gasteiger partial charge in [-0.05, 0) is 13.5 Å². The molecule has 0 aliphatic carbocycles. The first-order valence-electron chi connectivity index (χ1n) is 2.96. The SMILES string of the molecule is CN[C@H](C=O)CCOC. The van der Waals surface area contributed by atoms with Gasteiger partial charge >= 0.3 is 0 Å². The molecular weight excluding hydrogens is 118 g/mol. The average Bonchev–Trinajstić information content (AvgIpc) is 1.91. The molecule has 0 spiro atoms. The lowest BCUT2D eigenvalue weighted by Gasteiger charge is -2.05. The number of methoxy groups -OCH3 is 1. The van der Waals surface area contributed by atoms with E-state index >= 15 is 0 Å². The zero-order chi connectivity index (χ0) is 7.11. The molecule has 0 aliphatic rings. The summed E-state index contributed by atoms with van der Waals surface area (Å²) in [5.41, 5.74) is 0. The number of carbonyl (C=O) groups excluding carboxylic acids is 1. The van der Waals surface area contributed by atoms with Crippen molar-refractivity contribution in [1.82, 2.24) is 5.32 Å². The summed E-state index contributed by atoms with van der Waals surface area (Å²) in [6.45, 7) is 0.629. The monoisotopic (exact) mass is 131 g/mol. The number of carbonyl (C=O) groups is 1. The molecule has 0 heterocycles. The van der Waals surface area contributed by atoms with Gasteiger partial charge in [-0.15, -0.1) is 0 Å². The normalized spacial score (nSPS) is 13.1. The van der Waals surface area contributed by atoms with Crippen LogP contribution in [0.2, 0.25) is 0 Å². The van der Waals surface area contributed by atoms with Gasteiger partial charge in [-0.2, -0.15) is 0 Å². The minimum Gasteiger partial charge on any atom is -0.385 e. The molecule has 3 nitrogen and oxygen atoms in total. The third-order valence-corrected chi connectivity index (χ3v) is 1.17. The van der Waals surface area contributed by atoms with E-state index in [0.717, 1.165) is 12.7 Å². The van der Waals surface area contributed by atoms with E-state index in [1.807, 2.05) is 0 Å². The molecule has 0 bridgehead atoms. The van der Waals surface area contributed by atoms with Crippen molar-refractivity contribution in [3.8, 4) is 0 Å². The minimum atomic E-state index is -0.0510. The molecule has 0 aromatic rings. The Bertz CT molecular complexity index is 75.5. The van der Waals surface area contributed by atoms with Crippen LogP contribution in [0.4, 0.5) is 0 Å². The summed E-state index contributed by atoms with van der Waals surface area (Å²) >= 11 is 0. The van der Waals surface area contributed by atoms with E-state index in [4.69, 9.17) is 4.74 Å². The highest BCUT2D eigenvalue weighted by molar-refractivity contribution is 5.57. The lowest BCUT2D eigenvalue weighted by atomic mass is 10.2. The zero-order valence-electron chi connectivity index (χ0n) is 5.89. The minimum absolute atomic E-state index is 0.0510. The van der Waals surface area contributed by atoms with E-state index in [2.05, 4.69) is 5.32 Å². The van der Waals surface area contributed by atoms with Gasteiger partial charge in [0.2, 0.25) is 0 Å². The fourth-order valence-corrected chi connectivity index (χ4v) is 0.525. The van der Waals surface area contributed by atoms with E-state index < -0.39 is 0 Å². The van der Waals surface area contributed by atoms with E-state index in [9.17, 15) is 4.79 Å². The fraction of sp³-hybridized carbons (Fsp3) is 0.833. The van der Waals surface area contributed by atoms with E-state index in [1.165, 1.54) is 0 Å². The van der Waals surface area contributed by atoms with Gasteiger partial charge < -0.3 is 14.8 Å². The second-order valence-electron chi connectivity index (χ2n) is 1.81. The largest absolute Gasteiger partial charge is 0.385 e. The topological polar surface area (TPSA) is 38.3 Å². The predicted octanol–water partition coefficient (Wildman–Crippen LogP) is -0.190. The first kappa shape index (κ1) is 8.59. The Morgan fingerprint density at radius 1 is 1.78 bits per heavy atom. The lowest BCUT2D eigenvalue weighted by Crippen LogP contribution is -2.27. The number of hydrogen-bond acceptors (Lipinski definition) is 3. The Labute approximate surface area is 55.4 Å². The molecule has 0 fully saturated rings. The Kier molecular flexibility index (Phi) is 5.46. The van der Waals surface area contributed by atoms with Gasteiger partial charge in [0.1, 0.15) is 6.29 Å². The van der Waals surface area contributed by atoms with E-state index in [0.29, 0.717) is 6.61 Å². The maximum Gasteiger partial charge on any atom is 0.136 e. The average molecular weight is 131 g/mol. The van der Waals surface area contributed by atoms with Crippen molar-refractivity contribution >= 4 is 6.29 Å². The van der Waals surface area contributed by atoms with Crippen LogP contribution in [0.1, 0.15) is 6.42 Å². The van der Waals surface area contributed by atoms with Gasteiger partial charge in [-0.1, -0.05) is 0 Å². The van der Waals surface area contributed by atoms with Crippen LogP contribution >= 0.6 is 0 Å². The zero-order valence-corrected chi connectivity index (χ0v) is 5.89. The van der Waals surface area contributed by atoms with Crippen molar-refractivity contribution < 1.29 is 9.53 Å². The molecule has 1 atom stereocenters. The molecule has 3 heteroatoms. The number of hydrogen-bond donors (Lipinski definition) is 1. The summed E-state index contributed by atoms with van der Waals surface area (Å²) in [5, 5.41) is 2.84. The highest BCUT2D eigenvalue weighted by Crippen LogP contribution is 1.85. The van der Waals surface area contributed by atoms with E-state index in [-0.39, 0.29) is 6.04 Å². The molecule has 0 saturated heterocycles. The molecule has 9 heavy (non-hydrogen) atoms. The molecule has 0 amide bonds. The van der Waals surface area contributed by atoms with Gasteiger partial charge in [-0.25, -0.2) is 0 Å². The summed E-state index contributed by atoms with van der Waals surface area (Å²) in [6, 6.07) is -0.0510. The third-order valence-electron chi connectivity index (χ3n) is 1.17. The smallest absolute Gasteiger partial charge is 0.136 e. The van der Waals surface area contributed by atoms with Crippen molar-refractivity contribution in [2.75, 3.05) is 20.8 Å². The molecule has 0 radical (unpaired) electrons. The van der Waals surface area contributed by atoms with Crippen molar-refractivity contribution in [2.45, 2.75) is 12.5 Å². The van der Waals surface area contributed by atoms with Crippen LogP contribution < -0.4 is 5.32 Å². The summed E-state index contributed by atoms with van der Waals surface area (Å²) in [7, 11) is 3.38. The Balaban J connectivity index is 3.20. The summed E-state index contributed by atoms with van der Waals surface area (Å²) in [6.07, 6.45) is 1.63. The van der Waals surface area contributed by atoms with Crippen molar-refractivity contribution in [3.63, 3.8) is 0 Å². The van der Waals surface area contributed by atoms with Gasteiger partial charge in [0, 0.05) is 13.7 Å². The molecule has 0 saturated carbocycles. The van der Waals surface area contributed by atoms with Crippen LogP contribution in [0.5, 0.6) is 0 Å². The van der Waals surface area contributed by atoms with Crippen molar-refractivity contribution in [3.05, 3.63) is 0 Å². The second kappa shape index (κ2) is 5.72. The molecule has 0 aromatic heterocycles. The fourth-order valence-electron chi connectivity index (χ4n) is 0.525.